The van der Waals surface area contributed by atoms with Crippen LogP contribution in [0.1, 0.15) is 60.3 Å². The molecule has 0 saturated carbocycles. The minimum Gasteiger partial charge on any atom is -0.314 e. The second-order valence-electron chi connectivity index (χ2n) is 5.64. The standard InChI is InChI=1S/C15H32N2/c1-6-9-14(7-2)17-11-10-15(16-8-3)12(4)13(17)5/h12-16H,6-11H2,1-5H3. The van der Waals surface area contributed by atoms with Gasteiger partial charge in [-0.2, -0.15) is 0 Å². The second kappa shape index (κ2) is 7.38. The van der Waals surface area contributed by atoms with E-state index in [1.54, 1.807) is 0 Å². The number of likely N-dealkylation sites (tertiary alicyclic amines) is 1. The highest BCUT2D eigenvalue weighted by Gasteiger charge is 2.34. The van der Waals surface area contributed by atoms with E-state index in [9.17, 15) is 0 Å². The van der Waals surface area contributed by atoms with E-state index in [2.05, 4.69) is 44.8 Å². The molecule has 0 spiro atoms. The molecule has 0 amide bonds. The van der Waals surface area contributed by atoms with E-state index in [0.717, 1.165) is 30.6 Å². The Kier molecular flexibility index (Phi) is 6.50. The molecule has 0 aromatic carbocycles. The van der Waals surface area contributed by atoms with Crippen LogP contribution in [0.25, 0.3) is 0 Å². The average Bonchev–Trinajstić information content (AvgIpc) is 2.33. The molecule has 1 fully saturated rings. The Balaban J connectivity index is 2.59. The monoisotopic (exact) mass is 240 g/mol. The van der Waals surface area contributed by atoms with Crippen LogP contribution in [0.3, 0.4) is 0 Å². The SMILES string of the molecule is CCCC(CC)N1CCC(NCC)C(C)C1C. The van der Waals surface area contributed by atoms with Crippen molar-refractivity contribution < 1.29 is 0 Å². The quantitative estimate of drug-likeness (QED) is 0.766. The summed E-state index contributed by atoms with van der Waals surface area (Å²) in [5.74, 6) is 0.773. The van der Waals surface area contributed by atoms with Gasteiger partial charge in [0.1, 0.15) is 0 Å². The molecule has 0 aromatic rings. The summed E-state index contributed by atoms with van der Waals surface area (Å²) < 4.78 is 0. The first kappa shape index (κ1) is 15.0. The van der Waals surface area contributed by atoms with Gasteiger partial charge < -0.3 is 5.32 Å². The molecule has 1 saturated heterocycles. The number of piperidine rings is 1. The zero-order valence-electron chi connectivity index (χ0n) is 12.5. The Bertz CT molecular complexity index is 205. The molecular formula is C15H32N2. The van der Waals surface area contributed by atoms with Gasteiger partial charge in [0, 0.05) is 24.7 Å². The van der Waals surface area contributed by atoms with Crippen molar-refractivity contribution in [1.29, 1.82) is 0 Å². The van der Waals surface area contributed by atoms with Gasteiger partial charge >= 0.3 is 0 Å². The minimum absolute atomic E-state index is 0.726. The van der Waals surface area contributed by atoms with Crippen molar-refractivity contribution in [2.45, 2.75) is 78.4 Å². The zero-order valence-corrected chi connectivity index (χ0v) is 12.5. The molecule has 0 bridgehead atoms. The first-order valence-electron chi connectivity index (χ1n) is 7.64. The van der Waals surface area contributed by atoms with Gasteiger partial charge in [-0.15, -0.1) is 0 Å². The van der Waals surface area contributed by atoms with Crippen molar-refractivity contribution >= 4 is 0 Å². The Morgan fingerprint density at radius 2 is 1.94 bits per heavy atom. The van der Waals surface area contributed by atoms with Crippen LogP contribution in [0.5, 0.6) is 0 Å². The molecule has 1 aliphatic heterocycles. The van der Waals surface area contributed by atoms with Gasteiger partial charge in [0.25, 0.3) is 0 Å². The van der Waals surface area contributed by atoms with Crippen molar-refractivity contribution in [3.05, 3.63) is 0 Å². The smallest absolute Gasteiger partial charge is 0.0120 e. The molecule has 2 heteroatoms. The predicted molar refractivity (Wildman–Crippen MR) is 76.4 cm³/mol. The maximum Gasteiger partial charge on any atom is 0.0120 e. The van der Waals surface area contributed by atoms with Crippen LogP contribution in [-0.2, 0) is 0 Å². The summed E-state index contributed by atoms with van der Waals surface area (Å²) in [6, 6.07) is 2.26. The minimum atomic E-state index is 0.726. The Labute approximate surface area is 108 Å². The predicted octanol–water partition coefficient (Wildman–Crippen LogP) is 3.27. The van der Waals surface area contributed by atoms with Crippen LogP contribution >= 0.6 is 0 Å². The highest BCUT2D eigenvalue weighted by Crippen LogP contribution is 2.27. The van der Waals surface area contributed by atoms with E-state index in [0.29, 0.717) is 0 Å². The van der Waals surface area contributed by atoms with Gasteiger partial charge in [-0.05, 0) is 38.6 Å². The maximum atomic E-state index is 3.65. The molecule has 0 aliphatic carbocycles. The highest BCUT2D eigenvalue weighted by atomic mass is 15.2. The van der Waals surface area contributed by atoms with Crippen molar-refractivity contribution in [2.24, 2.45) is 5.92 Å². The Morgan fingerprint density at radius 3 is 2.47 bits per heavy atom. The topological polar surface area (TPSA) is 15.3 Å². The lowest BCUT2D eigenvalue weighted by atomic mass is 9.85. The fraction of sp³-hybridized carbons (Fsp3) is 1.00. The Morgan fingerprint density at radius 1 is 1.24 bits per heavy atom. The van der Waals surface area contributed by atoms with Gasteiger partial charge in [0.15, 0.2) is 0 Å². The van der Waals surface area contributed by atoms with Crippen molar-refractivity contribution in [3.63, 3.8) is 0 Å². The Hall–Kier alpha value is -0.0800. The molecule has 2 nitrogen and oxygen atoms in total. The number of hydrogen-bond acceptors (Lipinski definition) is 2. The lowest BCUT2D eigenvalue weighted by Crippen LogP contribution is -2.56. The van der Waals surface area contributed by atoms with E-state index in [-0.39, 0.29) is 0 Å². The molecule has 1 aliphatic rings. The average molecular weight is 240 g/mol. The number of nitrogens with zero attached hydrogens (tertiary/aromatic N) is 1. The van der Waals surface area contributed by atoms with E-state index in [1.807, 2.05) is 0 Å². The zero-order chi connectivity index (χ0) is 12.8. The largest absolute Gasteiger partial charge is 0.314 e. The van der Waals surface area contributed by atoms with Crippen LogP contribution in [0.4, 0.5) is 0 Å². The molecule has 1 rings (SSSR count). The summed E-state index contributed by atoms with van der Waals surface area (Å²) in [6.07, 6.45) is 5.29. The maximum absolute atomic E-state index is 3.65. The molecule has 17 heavy (non-hydrogen) atoms. The fourth-order valence-electron chi connectivity index (χ4n) is 3.40. The summed E-state index contributed by atoms with van der Waals surface area (Å²) in [7, 11) is 0. The number of hydrogen-bond donors (Lipinski definition) is 1. The van der Waals surface area contributed by atoms with Crippen molar-refractivity contribution in [3.8, 4) is 0 Å². The second-order valence-corrected chi connectivity index (χ2v) is 5.64. The van der Waals surface area contributed by atoms with Gasteiger partial charge in [-0.3, -0.25) is 4.90 Å². The molecule has 1 N–H and O–H groups in total. The van der Waals surface area contributed by atoms with Crippen LogP contribution < -0.4 is 5.32 Å². The first-order chi connectivity index (χ1) is 8.15. The summed E-state index contributed by atoms with van der Waals surface area (Å²) >= 11 is 0. The normalized spacial score (nSPS) is 32.6. The van der Waals surface area contributed by atoms with Crippen LogP contribution in [0.15, 0.2) is 0 Å². The molecule has 0 radical (unpaired) electrons. The summed E-state index contributed by atoms with van der Waals surface area (Å²) in [5, 5.41) is 3.65. The third-order valence-corrected chi connectivity index (χ3v) is 4.65. The van der Waals surface area contributed by atoms with Gasteiger partial charge in [0.05, 0.1) is 0 Å². The molecule has 0 aromatic heterocycles. The number of rotatable bonds is 6. The van der Waals surface area contributed by atoms with E-state index < -0.39 is 0 Å². The highest BCUT2D eigenvalue weighted by molar-refractivity contribution is 4.91. The van der Waals surface area contributed by atoms with Gasteiger partial charge in [-0.1, -0.05) is 34.1 Å². The fourth-order valence-corrected chi connectivity index (χ4v) is 3.40. The lowest BCUT2D eigenvalue weighted by molar-refractivity contribution is 0.0417. The van der Waals surface area contributed by atoms with Crippen LogP contribution in [0.2, 0.25) is 0 Å². The van der Waals surface area contributed by atoms with E-state index >= 15 is 0 Å². The van der Waals surface area contributed by atoms with Crippen LogP contribution in [-0.4, -0.2) is 36.1 Å². The first-order valence-corrected chi connectivity index (χ1v) is 7.64. The van der Waals surface area contributed by atoms with Crippen molar-refractivity contribution in [1.82, 2.24) is 10.2 Å². The van der Waals surface area contributed by atoms with Crippen LogP contribution in [0, 0.1) is 5.92 Å². The number of nitrogens with one attached hydrogen (secondary N) is 1. The molecule has 4 unspecified atom stereocenters. The molecule has 1 heterocycles. The molecule has 102 valence electrons. The summed E-state index contributed by atoms with van der Waals surface area (Å²) in [4.78, 5) is 2.77. The summed E-state index contributed by atoms with van der Waals surface area (Å²) in [5.41, 5.74) is 0. The molecule has 4 atom stereocenters. The van der Waals surface area contributed by atoms with Crippen molar-refractivity contribution in [2.75, 3.05) is 13.1 Å². The third kappa shape index (κ3) is 3.69. The lowest BCUT2D eigenvalue weighted by Gasteiger charge is -2.46. The van der Waals surface area contributed by atoms with Gasteiger partial charge in [-0.25, -0.2) is 0 Å². The van der Waals surface area contributed by atoms with Gasteiger partial charge in [0.2, 0.25) is 0 Å². The van der Waals surface area contributed by atoms with E-state index in [4.69, 9.17) is 0 Å². The third-order valence-electron chi connectivity index (χ3n) is 4.65. The van der Waals surface area contributed by atoms with E-state index in [1.165, 1.54) is 32.2 Å². The summed E-state index contributed by atoms with van der Waals surface area (Å²) in [6.45, 7) is 14.1. The molecular weight excluding hydrogens is 208 g/mol.